The number of hydrogen-bond donors (Lipinski definition) is 1. The van der Waals surface area contributed by atoms with Crippen LogP contribution in [-0.2, 0) is 11.2 Å². The van der Waals surface area contributed by atoms with Crippen LogP contribution in [0.4, 0.5) is 5.69 Å². The molecular weight excluding hydrogens is 338 g/mol. The molecule has 0 aliphatic heterocycles. The lowest BCUT2D eigenvalue weighted by molar-refractivity contribution is 0.102. The Morgan fingerprint density at radius 2 is 2.00 bits per heavy atom. The van der Waals surface area contributed by atoms with E-state index in [0.29, 0.717) is 35.4 Å². The van der Waals surface area contributed by atoms with Gasteiger partial charge in [-0.1, -0.05) is 24.3 Å². The molecule has 3 aromatic rings. The first-order valence-corrected chi connectivity index (χ1v) is 8.48. The number of benzene rings is 2. The van der Waals surface area contributed by atoms with E-state index in [-0.39, 0.29) is 5.91 Å². The van der Waals surface area contributed by atoms with Crippen LogP contribution in [0.2, 0.25) is 0 Å². The fraction of sp³-hybridized carbons (Fsp3) is 0.167. The van der Waals surface area contributed by atoms with E-state index in [4.69, 9.17) is 9.47 Å². The Morgan fingerprint density at radius 3 is 2.80 bits per heavy atom. The second-order valence-corrected chi connectivity index (χ2v) is 5.88. The predicted octanol–water partition coefficient (Wildman–Crippen LogP) is 3.77. The van der Waals surface area contributed by atoms with Crippen molar-refractivity contribution in [1.29, 1.82) is 0 Å². The molecule has 2 aromatic carbocycles. The van der Waals surface area contributed by atoms with Crippen molar-refractivity contribution in [2.24, 2.45) is 0 Å². The van der Waals surface area contributed by atoms with E-state index in [1.165, 1.54) is 11.5 Å². The number of methoxy groups -OCH3 is 1. The molecular formula is C18H17N3O3S. The van der Waals surface area contributed by atoms with Crippen LogP contribution in [-0.4, -0.2) is 29.0 Å². The monoisotopic (exact) mass is 355 g/mol. The standard InChI is InChI=1S/C18H17N3O3S/c1-23-11-10-16-20-18(25-21-16)24-15-9-5-6-13(12-15)17(22)19-14-7-3-2-4-8-14/h2-9,12H,10-11H2,1H3,(H,19,22). The topological polar surface area (TPSA) is 73.3 Å². The van der Waals surface area contributed by atoms with Crippen molar-refractivity contribution >= 4 is 23.1 Å². The van der Waals surface area contributed by atoms with Gasteiger partial charge in [0.1, 0.15) is 11.6 Å². The largest absolute Gasteiger partial charge is 0.430 e. The number of anilines is 1. The Bertz CT molecular complexity index is 836. The Morgan fingerprint density at radius 1 is 1.16 bits per heavy atom. The van der Waals surface area contributed by atoms with Crippen LogP contribution in [0.1, 0.15) is 16.2 Å². The molecule has 0 unspecified atom stereocenters. The first-order chi connectivity index (χ1) is 12.2. The van der Waals surface area contributed by atoms with E-state index in [9.17, 15) is 4.79 Å². The Labute approximate surface area is 149 Å². The minimum atomic E-state index is -0.199. The third-order valence-electron chi connectivity index (χ3n) is 3.31. The van der Waals surface area contributed by atoms with Crippen LogP contribution in [0.5, 0.6) is 10.9 Å². The molecule has 0 aliphatic carbocycles. The summed E-state index contributed by atoms with van der Waals surface area (Å²) in [4.78, 5) is 16.6. The first-order valence-electron chi connectivity index (χ1n) is 7.70. The van der Waals surface area contributed by atoms with Gasteiger partial charge in [0.2, 0.25) is 0 Å². The zero-order chi connectivity index (χ0) is 17.5. The molecule has 1 amide bonds. The number of ether oxygens (including phenoxy) is 2. The summed E-state index contributed by atoms with van der Waals surface area (Å²) in [6, 6.07) is 16.2. The maximum atomic E-state index is 12.3. The lowest BCUT2D eigenvalue weighted by atomic mass is 10.2. The summed E-state index contributed by atoms with van der Waals surface area (Å²) in [6.45, 7) is 0.561. The van der Waals surface area contributed by atoms with Crippen molar-refractivity contribution in [3.05, 3.63) is 66.0 Å². The third-order valence-corrected chi connectivity index (χ3v) is 3.95. The van der Waals surface area contributed by atoms with Gasteiger partial charge in [0.25, 0.3) is 11.1 Å². The van der Waals surface area contributed by atoms with Gasteiger partial charge in [-0.05, 0) is 30.3 Å². The van der Waals surface area contributed by atoms with Crippen molar-refractivity contribution in [1.82, 2.24) is 9.36 Å². The average molecular weight is 355 g/mol. The summed E-state index contributed by atoms with van der Waals surface area (Å²) in [7, 11) is 1.63. The Kier molecular flexibility index (Phi) is 5.71. The van der Waals surface area contributed by atoms with Crippen LogP contribution in [0.3, 0.4) is 0 Å². The highest BCUT2D eigenvalue weighted by Crippen LogP contribution is 2.24. The second-order valence-electron chi connectivity index (χ2n) is 5.17. The van der Waals surface area contributed by atoms with E-state index in [0.717, 1.165) is 5.69 Å². The van der Waals surface area contributed by atoms with E-state index in [1.807, 2.05) is 30.3 Å². The quantitative estimate of drug-likeness (QED) is 0.698. The Hall–Kier alpha value is -2.77. The first kappa shape index (κ1) is 17.1. The SMILES string of the molecule is COCCc1nsc(Oc2cccc(C(=O)Nc3ccccc3)c2)n1. The van der Waals surface area contributed by atoms with Crippen molar-refractivity contribution in [3.63, 3.8) is 0 Å². The maximum Gasteiger partial charge on any atom is 0.298 e. The number of para-hydroxylation sites is 1. The van der Waals surface area contributed by atoms with Crippen LogP contribution in [0.25, 0.3) is 0 Å². The van der Waals surface area contributed by atoms with E-state index < -0.39 is 0 Å². The van der Waals surface area contributed by atoms with Crippen molar-refractivity contribution < 1.29 is 14.3 Å². The number of nitrogens with one attached hydrogen (secondary N) is 1. The fourth-order valence-corrected chi connectivity index (χ4v) is 2.70. The van der Waals surface area contributed by atoms with Crippen LogP contribution < -0.4 is 10.1 Å². The molecule has 1 N–H and O–H groups in total. The average Bonchev–Trinajstić information content (AvgIpc) is 3.08. The number of hydrogen-bond acceptors (Lipinski definition) is 6. The number of nitrogens with zero attached hydrogens (tertiary/aromatic N) is 2. The van der Waals surface area contributed by atoms with Gasteiger partial charge in [0.05, 0.1) is 6.61 Å². The summed E-state index contributed by atoms with van der Waals surface area (Å²) in [5.41, 5.74) is 1.25. The molecule has 1 heterocycles. The van der Waals surface area contributed by atoms with Crippen LogP contribution >= 0.6 is 11.5 Å². The molecule has 0 saturated carbocycles. The summed E-state index contributed by atoms with van der Waals surface area (Å²) in [5, 5.41) is 3.28. The van der Waals surface area contributed by atoms with Gasteiger partial charge < -0.3 is 14.8 Å². The smallest absolute Gasteiger partial charge is 0.298 e. The molecule has 1 aromatic heterocycles. The van der Waals surface area contributed by atoms with Crippen molar-refractivity contribution in [2.45, 2.75) is 6.42 Å². The molecule has 0 atom stereocenters. The summed E-state index contributed by atoms with van der Waals surface area (Å²) in [6.07, 6.45) is 0.635. The molecule has 0 spiro atoms. The molecule has 0 radical (unpaired) electrons. The minimum absolute atomic E-state index is 0.199. The van der Waals surface area contributed by atoms with E-state index in [2.05, 4.69) is 14.7 Å². The molecule has 3 rings (SSSR count). The zero-order valence-corrected chi connectivity index (χ0v) is 14.5. The summed E-state index contributed by atoms with van der Waals surface area (Å²) >= 11 is 1.17. The van der Waals surface area contributed by atoms with Crippen LogP contribution in [0.15, 0.2) is 54.6 Å². The maximum absolute atomic E-state index is 12.3. The number of carbonyl (C=O) groups is 1. The number of amides is 1. The highest BCUT2D eigenvalue weighted by Gasteiger charge is 2.10. The van der Waals surface area contributed by atoms with E-state index in [1.54, 1.807) is 31.4 Å². The number of carbonyl (C=O) groups excluding carboxylic acids is 1. The molecule has 0 saturated heterocycles. The van der Waals surface area contributed by atoms with E-state index >= 15 is 0 Å². The van der Waals surface area contributed by atoms with Gasteiger partial charge in [-0.2, -0.15) is 9.36 Å². The highest BCUT2D eigenvalue weighted by molar-refractivity contribution is 7.07. The molecule has 0 aliphatic rings. The van der Waals surface area contributed by atoms with Gasteiger partial charge in [-0.15, -0.1) is 0 Å². The molecule has 25 heavy (non-hydrogen) atoms. The van der Waals surface area contributed by atoms with Gasteiger partial charge >= 0.3 is 0 Å². The van der Waals surface area contributed by atoms with Gasteiger partial charge in [-0.25, -0.2) is 0 Å². The molecule has 0 bridgehead atoms. The van der Waals surface area contributed by atoms with Gasteiger partial charge in [0.15, 0.2) is 0 Å². The number of rotatable bonds is 7. The molecule has 7 heteroatoms. The minimum Gasteiger partial charge on any atom is -0.430 e. The molecule has 6 nitrogen and oxygen atoms in total. The van der Waals surface area contributed by atoms with Crippen LogP contribution in [0, 0.1) is 0 Å². The van der Waals surface area contributed by atoms with Crippen molar-refractivity contribution in [3.8, 4) is 10.9 Å². The highest BCUT2D eigenvalue weighted by atomic mass is 32.1. The third kappa shape index (κ3) is 4.85. The molecule has 128 valence electrons. The van der Waals surface area contributed by atoms with Gasteiger partial charge in [0, 0.05) is 36.3 Å². The second kappa shape index (κ2) is 8.36. The molecule has 0 fully saturated rings. The summed E-state index contributed by atoms with van der Waals surface area (Å²) < 4.78 is 14.9. The zero-order valence-electron chi connectivity index (χ0n) is 13.6. The Balaban J connectivity index is 1.66. The fourth-order valence-electron chi connectivity index (χ4n) is 2.10. The van der Waals surface area contributed by atoms with Gasteiger partial charge in [-0.3, -0.25) is 4.79 Å². The van der Waals surface area contributed by atoms with Crippen molar-refractivity contribution in [2.75, 3.05) is 19.0 Å². The normalized spacial score (nSPS) is 10.4. The number of aromatic nitrogens is 2. The lowest BCUT2D eigenvalue weighted by Gasteiger charge is -2.06. The predicted molar refractivity (Wildman–Crippen MR) is 96.4 cm³/mol. The summed E-state index contributed by atoms with van der Waals surface area (Å²) in [5.74, 6) is 1.02. The lowest BCUT2D eigenvalue weighted by Crippen LogP contribution is -2.11.